The summed E-state index contributed by atoms with van der Waals surface area (Å²) in [6, 6.07) is 8.59. The van der Waals surface area contributed by atoms with Crippen molar-refractivity contribution < 1.29 is 9.90 Å². The van der Waals surface area contributed by atoms with Crippen molar-refractivity contribution in [1.29, 1.82) is 0 Å². The van der Waals surface area contributed by atoms with E-state index < -0.39 is 5.97 Å². The molecule has 1 rings (SSSR count). The molecular formula is C15H22BrNO2. The lowest BCUT2D eigenvalue weighted by Crippen LogP contribution is -2.37. The van der Waals surface area contributed by atoms with Gasteiger partial charge in [0.15, 0.2) is 0 Å². The zero-order valence-corrected chi connectivity index (χ0v) is 13.4. The van der Waals surface area contributed by atoms with E-state index >= 15 is 0 Å². The molecule has 0 saturated heterocycles. The van der Waals surface area contributed by atoms with Gasteiger partial charge in [0.25, 0.3) is 0 Å². The van der Waals surface area contributed by atoms with Gasteiger partial charge in [0.2, 0.25) is 0 Å². The molecule has 3 nitrogen and oxygen atoms in total. The maximum absolute atomic E-state index is 10.9. The number of carboxylic acids is 1. The standard InChI is InChI=1S/C15H22BrNO2/c1-4-14(12-6-8-13(16)9-7-12)17(5-2)11(3)10-15(18)19/h6-9,11,14H,4-5,10H2,1-3H3,(H,18,19). The first-order valence-corrected chi connectivity index (χ1v) is 7.51. The van der Waals surface area contributed by atoms with E-state index in [9.17, 15) is 4.79 Å². The topological polar surface area (TPSA) is 40.5 Å². The monoisotopic (exact) mass is 327 g/mol. The molecular weight excluding hydrogens is 306 g/mol. The fraction of sp³-hybridized carbons (Fsp3) is 0.533. The van der Waals surface area contributed by atoms with E-state index in [-0.39, 0.29) is 18.5 Å². The van der Waals surface area contributed by atoms with E-state index in [0.29, 0.717) is 0 Å². The summed E-state index contributed by atoms with van der Waals surface area (Å²) >= 11 is 3.44. The number of nitrogens with zero attached hydrogens (tertiary/aromatic N) is 1. The van der Waals surface area contributed by atoms with Crippen LogP contribution in [0.2, 0.25) is 0 Å². The van der Waals surface area contributed by atoms with Gasteiger partial charge in [-0.15, -0.1) is 0 Å². The van der Waals surface area contributed by atoms with Crippen molar-refractivity contribution in [3.63, 3.8) is 0 Å². The van der Waals surface area contributed by atoms with Gasteiger partial charge in [0.1, 0.15) is 0 Å². The Bertz CT molecular complexity index is 405. The van der Waals surface area contributed by atoms with E-state index in [2.05, 4.69) is 46.8 Å². The Morgan fingerprint density at radius 2 is 1.89 bits per heavy atom. The molecule has 1 aromatic rings. The highest BCUT2D eigenvalue weighted by molar-refractivity contribution is 9.10. The van der Waals surface area contributed by atoms with Gasteiger partial charge in [-0.3, -0.25) is 9.69 Å². The summed E-state index contributed by atoms with van der Waals surface area (Å²) in [5.41, 5.74) is 1.24. The molecule has 2 unspecified atom stereocenters. The van der Waals surface area contributed by atoms with Gasteiger partial charge >= 0.3 is 5.97 Å². The van der Waals surface area contributed by atoms with Crippen LogP contribution in [0.1, 0.15) is 45.2 Å². The molecule has 0 saturated carbocycles. The highest BCUT2D eigenvalue weighted by atomic mass is 79.9. The zero-order valence-electron chi connectivity index (χ0n) is 11.8. The van der Waals surface area contributed by atoms with Crippen molar-refractivity contribution in [3.05, 3.63) is 34.3 Å². The SMILES string of the molecule is CCC(c1ccc(Br)cc1)N(CC)C(C)CC(=O)O. The number of halogens is 1. The molecule has 0 aliphatic heterocycles. The van der Waals surface area contributed by atoms with Crippen LogP contribution in [-0.4, -0.2) is 28.6 Å². The van der Waals surface area contributed by atoms with Crippen LogP contribution in [0.5, 0.6) is 0 Å². The third kappa shape index (κ3) is 4.62. The van der Waals surface area contributed by atoms with E-state index in [1.54, 1.807) is 0 Å². The van der Waals surface area contributed by atoms with Crippen LogP contribution < -0.4 is 0 Å². The van der Waals surface area contributed by atoms with Gasteiger partial charge in [0.05, 0.1) is 6.42 Å². The van der Waals surface area contributed by atoms with Crippen LogP contribution in [0.25, 0.3) is 0 Å². The van der Waals surface area contributed by atoms with Gasteiger partial charge < -0.3 is 5.11 Å². The Labute approximate surface area is 123 Å². The minimum atomic E-state index is -0.739. The molecule has 0 heterocycles. The summed E-state index contributed by atoms with van der Waals surface area (Å²) in [5.74, 6) is -0.739. The van der Waals surface area contributed by atoms with Gasteiger partial charge in [-0.05, 0) is 37.6 Å². The first-order chi connectivity index (χ1) is 8.99. The predicted octanol–water partition coefficient (Wildman–Crippen LogP) is 4.09. The van der Waals surface area contributed by atoms with Crippen molar-refractivity contribution in [2.24, 2.45) is 0 Å². The Balaban J connectivity index is 2.91. The number of aliphatic carboxylic acids is 1. The molecule has 1 N–H and O–H groups in total. The molecule has 0 spiro atoms. The summed E-state index contributed by atoms with van der Waals surface area (Å²) in [6.07, 6.45) is 1.15. The lowest BCUT2D eigenvalue weighted by molar-refractivity contribution is -0.138. The smallest absolute Gasteiger partial charge is 0.304 e. The number of benzene rings is 1. The van der Waals surface area contributed by atoms with Crippen molar-refractivity contribution in [2.45, 2.75) is 45.7 Å². The molecule has 19 heavy (non-hydrogen) atoms. The highest BCUT2D eigenvalue weighted by Crippen LogP contribution is 2.28. The van der Waals surface area contributed by atoms with Crippen LogP contribution >= 0.6 is 15.9 Å². The summed E-state index contributed by atoms with van der Waals surface area (Å²) < 4.78 is 1.06. The zero-order chi connectivity index (χ0) is 14.4. The lowest BCUT2D eigenvalue weighted by atomic mass is 10.0. The largest absolute Gasteiger partial charge is 0.481 e. The Morgan fingerprint density at radius 1 is 1.32 bits per heavy atom. The molecule has 106 valence electrons. The van der Waals surface area contributed by atoms with Crippen molar-refractivity contribution in [3.8, 4) is 0 Å². The first-order valence-electron chi connectivity index (χ1n) is 6.72. The van der Waals surface area contributed by atoms with Crippen molar-refractivity contribution in [2.75, 3.05) is 6.54 Å². The van der Waals surface area contributed by atoms with Crippen LogP contribution in [0.3, 0.4) is 0 Å². The van der Waals surface area contributed by atoms with Crippen molar-refractivity contribution in [1.82, 2.24) is 4.90 Å². The Hall–Kier alpha value is -0.870. The van der Waals surface area contributed by atoms with Gasteiger partial charge in [-0.1, -0.05) is 41.9 Å². The van der Waals surface area contributed by atoms with E-state index in [1.807, 2.05) is 19.1 Å². The molecule has 0 fully saturated rings. The summed E-state index contributed by atoms with van der Waals surface area (Å²) in [7, 11) is 0. The third-order valence-electron chi connectivity index (χ3n) is 3.44. The normalized spacial score (nSPS) is 14.4. The number of hydrogen-bond acceptors (Lipinski definition) is 2. The van der Waals surface area contributed by atoms with Crippen LogP contribution in [0.15, 0.2) is 28.7 Å². The Morgan fingerprint density at radius 3 is 2.32 bits per heavy atom. The molecule has 0 amide bonds. The van der Waals surface area contributed by atoms with E-state index in [1.165, 1.54) is 5.56 Å². The third-order valence-corrected chi connectivity index (χ3v) is 3.97. The minimum absolute atomic E-state index is 0.0381. The van der Waals surface area contributed by atoms with Gasteiger partial charge in [-0.2, -0.15) is 0 Å². The molecule has 1 aromatic carbocycles. The minimum Gasteiger partial charge on any atom is -0.481 e. The maximum atomic E-state index is 10.9. The second-order valence-corrected chi connectivity index (χ2v) is 5.67. The number of hydrogen-bond donors (Lipinski definition) is 1. The molecule has 0 aromatic heterocycles. The molecule has 0 bridgehead atoms. The molecule has 2 atom stereocenters. The van der Waals surface area contributed by atoms with Gasteiger partial charge in [-0.25, -0.2) is 0 Å². The number of carbonyl (C=O) groups is 1. The van der Waals surface area contributed by atoms with E-state index in [0.717, 1.165) is 17.4 Å². The molecule has 4 heteroatoms. The average molecular weight is 328 g/mol. The fourth-order valence-corrected chi connectivity index (χ4v) is 2.82. The van der Waals surface area contributed by atoms with Gasteiger partial charge in [0, 0.05) is 16.6 Å². The lowest BCUT2D eigenvalue weighted by Gasteiger charge is -2.35. The molecule has 0 aliphatic rings. The highest BCUT2D eigenvalue weighted by Gasteiger charge is 2.23. The average Bonchev–Trinajstić information content (AvgIpc) is 2.36. The second-order valence-electron chi connectivity index (χ2n) is 4.75. The Kier molecular flexibility index (Phi) is 6.52. The maximum Gasteiger partial charge on any atom is 0.304 e. The second kappa shape index (κ2) is 7.65. The number of carboxylic acid groups (broad SMARTS) is 1. The number of rotatable bonds is 7. The van der Waals surface area contributed by atoms with Crippen molar-refractivity contribution >= 4 is 21.9 Å². The predicted molar refractivity (Wildman–Crippen MR) is 81.3 cm³/mol. The summed E-state index contributed by atoms with van der Waals surface area (Å²) in [4.78, 5) is 13.2. The van der Waals surface area contributed by atoms with Crippen LogP contribution in [-0.2, 0) is 4.79 Å². The summed E-state index contributed by atoms with van der Waals surface area (Å²) in [6.45, 7) is 7.06. The quantitative estimate of drug-likeness (QED) is 0.820. The van der Waals surface area contributed by atoms with Crippen LogP contribution in [0.4, 0.5) is 0 Å². The summed E-state index contributed by atoms with van der Waals surface area (Å²) in [5, 5.41) is 8.96. The first kappa shape index (κ1) is 16.2. The van der Waals surface area contributed by atoms with E-state index in [4.69, 9.17) is 5.11 Å². The molecule has 0 aliphatic carbocycles. The fourth-order valence-electron chi connectivity index (χ4n) is 2.56. The van der Waals surface area contributed by atoms with Crippen LogP contribution in [0, 0.1) is 0 Å². The molecule has 0 radical (unpaired) electrons.